The SMILES string of the molecule is CCN(CC)c1ccc(N=Nc2cc([N+](=O)[O-])cc([N+](=O)[O-])c2C#N)c(C)c1. The molecule has 0 spiro atoms. The molecule has 0 aliphatic heterocycles. The zero-order chi connectivity index (χ0) is 20.8. The van der Waals surface area contributed by atoms with Crippen molar-refractivity contribution in [3.63, 3.8) is 0 Å². The fourth-order valence-corrected chi connectivity index (χ4v) is 2.69. The van der Waals surface area contributed by atoms with Gasteiger partial charge < -0.3 is 4.90 Å². The van der Waals surface area contributed by atoms with Crippen LogP contribution in [0.3, 0.4) is 0 Å². The molecule has 0 radical (unpaired) electrons. The Morgan fingerprint density at radius 3 is 2.18 bits per heavy atom. The van der Waals surface area contributed by atoms with Gasteiger partial charge in [-0.05, 0) is 44.5 Å². The number of hydrogen-bond donors (Lipinski definition) is 0. The number of non-ortho nitro benzene ring substituents is 1. The van der Waals surface area contributed by atoms with Crippen molar-refractivity contribution < 1.29 is 9.85 Å². The van der Waals surface area contributed by atoms with Gasteiger partial charge in [-0.2, -0.15) is 10.4 Å². The van der Waals surface area contributed by atoms with Crippen molar-refractivity contribution in [3.8, 4) is 6.07 Å². The van der Waals surface area contributed by atoms with Crippen LogP contribution < -0.4 is 4.90 Å². The van der Waals surface area contributed by atoms with Gasteiger partial charge in [0.15, 0.2) is 5.56 Å². The van der Waals surface area contributed by atoms with Gasteiger partial charge in [-0.1, -0.05) is 0 Å². The van der Waals surface area contributed by atoms with Crippen LogP contribution in [0.15, 0.2) is 40.6 Å². The normalized spacial score (nSPS) is 10.6. The Bertz CT molecular complexity index is 992. The molecule has 0 bridgehead atoms. The third kappa shape index (κ3) is 4.27. The van der Waals surface area contributed by atoms with Crippen LogP contribution in [0, 0.1) is 38.5 Å². The lowest BCUT2D eigenvalue weighted by molar-refractivity contribution is -0.394. The van der Waals surface area contributed by atoms with E-state index in [0.29, 0.717) is 5.69 Å². The summed E-state index contributed by atoms with van der Waals surface area (Å²) >= 11 is 0. The average Bonchev–Trinajstić information content (AvgIpc) is 2.67. The number of azo groups is 1. The van der Waals surface area contributed by atoms with E-state index < -0.39 is 21.2 Å². The Labute approximate surface area is 161 Å². The van der Waals surface area contributed by atoms with Crippen molar-refractivity contribution >= 4 is 28.4 Å². The molecule has 2 rings (SSSR count). The fourth-order valence-electron chi connectivity index (χ4n) is 2.69. The summed E-state index contributed by atoms with van der Waals surface area (Å²) in [4.78, 5) is 22.7. The number of aryl methyl sites for hydroxylation is 1. The van der Waals surface area contributed by atoms with Crippen molar-refractivity contribution in [2.75, 3.05) is 18.0 Å². The number of nitriles is 1. The summed E-state index contributed by atoms with van der Waals surface area (Å²) in [6.07, 6.45) is 0. The van der Waals surface area contributed by atoms with Crippen LogP contribution in [0.2, 0.25) is 0 Å². The highest BCUT2D eigenvalue weighted by atomic mass is 16.6. The molecule has 10 nitrogen and oxygen atoms in total. The molecule has 0 unspecified atom stereocenters. The average molecular weight is 382 g/mol. The lowest BCUT2D eigenvalue weighted by Gasteiger charge is -2.21. The van der Waals surface area contributed by atoms with Crippen molar-refractivity contribution in [3.05, 3.63) is 61.7 Å². The van der Waals surface area contributed by atoms with E-state index in [4.69, 9.17) is 0 Å². The molecule has 2 aromatic rings. The summed E-state index contributed by atoms with van der Waals surface area (Å²) < 4.78 is 0. The van der Waals surface area contributed by atoms with Crippen molar-refractivity contribution in [2.24, 2.45) is 10.2 Å². The van der Waals surface area contributed by atoms with Gasteiger partial charge in [-0.25, -0.2) is 0 Å². The molecule has 28 heavy (non-hydrogen) atoms. The van der Waals surface area contributed by atoms with Crippen molar-refractivity contribution in [2.45, 2.75) is 20.8 Å². The van der Waals surface area contributed by atoms with Crippen LogP contribution in [0.25, 0.3) is 0 Å². The number of nitrogens with zero attached hydrogens (tertiary/aromatic N) is 6. The zero-order valence-corrected chi connectivity index (χ0v) is 15.6. The molecule has 0 atom stereocenters. The maximum absolute atomic E-state index is 11.1. The van der Waals surface area contributed by atoms with Gasteiger partial charge in [0.05, 0.1) is 21.6 Å². The first-order valence-corrected chi connectivity index (χ1v) is 8.46. The zero-order valence-electron chi connectivity index (χ0n) is 15.6. The number of benzene rings is 2. The van der Waals surface area contributed by atoms with Gasteiger partial charge in [0.25, 0.3) is 11.4 Å². The van der Waals surface area contributed by atoms with Gasteiger partial charge in [0, 0.05) is 24.8 Å². The molecule has 0 aliphatic carbocycles. The van der Waals surface area contributed by atoms with Crippen LogP contribution in [0.4, 0.5) is 28.4 Å². The standard InChI is InChI=1S/C18H18N6O4/c1-4-22(5-2)13-6-7-16(12(3)8-13)20-21-17-9-14(23(25)26)10-18(24(27)28)15(17)11-19/h6-10H,4-5H2,1-3H3. The maximum Gasteiger partial charge on any atom is 0.296 e. The van der Waals surface area contributed by atoms with Gasteiger partial charge in [-0.15, -0.1) is 5.11 Å². The Morgan fingerprint density at radius 2 is 1.68 bits per heavy atom. The van der Waals surface area contributed by atoms with Gasteiger partial charge in [-0.3, -0.25) is 20.2 Å². The molecular formula is C18H18N6O4. The van der Waals surface area contributed by atoms with E-state index in [1.54, 1.807) is 12.1 Å². The third-order valence-corrected chi connectivity index (χ3v) is 4.18. The number of rotatable bonds is 7. The van der Waals surface area contributed by atoms with Crippen LogP contribution in [-0.2, 0) is 0 Å². The second-order valence-corrected chi connectivity index (χ2v) is 5.83. The van der Waals surface area contributed by atoms with E-state index in [9.17, 15) is 25.5 Å². The predicted octanol–water partition coefficient (Wildman–Crippen LogP) is 4.94. The van der Waals surface area contributed by atoms with Crippen LogP contribution >= 0.6 is 0 Å². The molecule has 0 amide bonds. The Kier molecular flexibility index (Phi) is 6.34. The molecule has 10 heteroatoms. The molecular weight excluding hydrogens is 364 g/mol. The van der Waals surface area contributed by atoms with E-state index in [1.807, 2.05) is 32.9 Å². The highest BCUT2D eigenvalue weighted by Crippen LogP contribution is 2.35. The first-order valence-electron chi connectivity index (χ1n) is 8.46. The summed E-state index contributed by atoms with van der Waals surface area (Å²) in [5.41, 5.74) is 0.505. The first kappa shape index (κ1) is 20.4. The quantitative estimate of drug-likeness (QED) is 0.377. The molecule has 0 aromatic heterocycles. The van der Waals surface area contributed by atoms with E-state index in [-0.39, 0.29) is 11.3 Å². The minimum absolute atomic E-state index is 0.226. The fraction of sp³-hybridized carbons (Fsp3) is 0.278. The Balaban J connectivity index is 2.50. The minimum Gasteiger partial charge on any atom is -0.372 e. The van der Waals surface area contributed by atoms with Gasteiger partial charge in [0.2, 0.25) is 0 Å². The predicted molar refractivity (Wildman–Crippen MR) is 103 cm³/mol. The third-order valence-electron chi connectivity index (χ3n) is 4.18. The summed E-state index contributed by atoms with van der Waals surface area (Å²) in [6.45, 7) is 7.62. The van der Waals surface area contributed by atoms with E-state index >= 15 is 0 Å². The Morgan fingerprint density at radius 1 is 1.04 bits per heavy atom. The van der Waals surface area contributed by atoms with Crippen molar-refractivity contribution in [1.29, 1.82) is 5.26 Å². The van der Waals surface area contributed by atoms with E-state index in [0.717, 1.165) is 36.5 Å². The molecule has 0 saturated heterocycles. The lowest BCUT2D eigenvalue weighted by atomic mass is 10.1. The van der Waals surface area contributed by atoms with Gasteiger partial charge >= 0.3 is 0 Å². The highest BCUT2D eigenvalue weighted by molar-refractivity contribution is 5.68. The summed E-state index contributed by atoms with van der Waals surface area (Å²) in [5.74, 6) is 0. The molecule has 0 saturated carbocycles. The number of nitro benzene ring substituents is 2. The summed E-state index contributed by atoms with van der Waals surface area (Å²) in [7, 11) is 0. The molecule has 0 fully saturated rings. The monoisotopic (exact) mass is 382 g/mol. The molecule has 144 valence electrons. The molecule has 0 aliphatic rings. The van der Waals surface area contributed by atoms with E-state index in [2.05, 4.69) is 15.1 Å². The smallest absolute Gasteiger partial charge is 0.296 e. The second-order valence-electron chi connectivity index (χ2n) is 5.83. The Hall–Kier alpha value is -3.87. The number of anilines is 1. The number of nitro groups is 2. The molecule has 0 N–H and O–H groups in total. The number of hydrogen-bond acceptors (Lipinski definition) is 8. The van der Waals surface area contributed by atoms with Crippen LogP contribution in [0.1, 0.15) is 25.0 Å². The lowest BCUT2D eigenvalue weighted by Crippen LogP contribution is -2.21. The van der Waals surface area contributed by atoms with Gasteiger partial charge in [0.1, 0.15) is 11.8 Å². The van der Waals surface area contributed by atoms with Crippen LogP contribution in [0.5, 0.6) is 0 Å². The molecule has 0 heterocycles. The van der Waals surface area contributed by atoms with E-state index in [1.165, 1.54) is 0 Å². The topological polar surface area (TPSA) is 138 Å². The van der Waals surface area contributed by atoms with Crippen LogP contribution in [-0.4, -0.2) is 22.9 Å². The minimum atomic E-state index is -0.852. The summed E-state index contributed by atoms with van der Waals surface area (Å²) in [5, 5.41) is 39.4. The first-order chi connectivity index (χ1) is 13.3. The van der Waals surface area contributed by atoms with Crippen molar-refractivity contribution in [1.82, 2.24) is 0 Å². The summed E-state index contributed by atoms with van der Waals surface area (Å²) in [6, 6.07) is 8.95. The highest BCUT2D eigenvalue weighted by Gasteiger charge is 2.24. The molecule has 2 aromatic carbocycles. The largest absolute Gasteiger partial charge is 0.372 e. The second kappa shape index (κ2) is 8.68. The maximum atomic E-state index is 11.1.